The first-order valence-electron chi connectivity index (χ1n) is 8.12. The van der Waals surface area contributed by atoms with Crippen LogP contribution in [0.1, 0.15) is 45.1 Å². The van der Waals surface area contributed by atoms with Crippen LogP contribution >= 0.6 is 0 Å². The van der Waals surface area contributed by atoms with Crippen LogP contribution in [0.5, 0.6) is 5.75 Å². The molecule has 0 radical (unpaired) electrons. The molecule has 1 aromatic carbocycles. The van der Waals surface area contributed by atoms with Crippen molar-refractivity contribution in [2.75, 3.05) is 6.61 Å². The average molecular weight is 301 g/mol. The molecule has 2 nitrogen and oxygen atoms in total. The second kappa shape index (κ2) is 8.52. The maximum atomic E-state index is 14.2. The number of pyridine rings is 1. The summed E-state index contributed by atoms with van der Waals surface area (Å²) in [5, 5.41) is 0. The molecule has 0 fully saturated rings. The molecule has 2 aromatic rings. The van der Waals surface area contributed by atoms with Crippen molar-refractivity contribution in [3.63, 3.8) is 0 Å². The Labute approximate surface area is 132 Å². The van der Waals surface area contributed by atoms with Crippen molar-refractivity contribution >= 4 is 0 Å². The van der Waals surface area contributed by atoms with Crippen LogP contribution in [-0.4, -0.2) is 11.6 Å². The Morgan fingerprint density at radius 3 is 2.50 bits per heavy atom. The van der Waals surface area contributed by atoms with Gasteiger partial charge < -0.3 is 4.74 Å². The van der Waals surface area contributed by atoms with Crippen LogP contribution in [0.4, 0.5) is 4.39 Å². The van der Waals surface area contributed by atoms with E-state index in [2.05, 4.69) is 18.8 Å². The van der Waals surface area contributed by atoms with Crippen LogP contribution < -0.4 is 4.74 Å². The summed E-state index contributed by atoms with van der Waals surface area (Å²) in [4.78, 5) is 4.39. The molecule has 0 spiro atoms. The summed E-state index contributed by atoms with van der Waals surface area (Å²) in [6.07, 6.45) is 7.22. The van der Waals surface area contributed by atoms with E-state index < -0.39 is 0 Å². The highest BCUT2D eigenvalue weighted by Crippen LogP contribution is 2.25. The van der Waals surface area contributed by atoms with Gasteiger partial charge >= 0.3 is 0 Å². The van der Waals surface area contributed by atoms with Crippen LogP contribution in [0.3, 0.4) is 0 Å². The molecule has 22 heavy (non-hydrogen) atoms. The quantitative estimate of drug-likeness (QED) is 0.608. The molecular formula is C19H24FNO. The van der Waals surface area contributed by atoms with Crippen LogP contribution in [-0.2, 0) is 6.42 Å². The van der Waals surface area contributed by atoms with Crippen molar-refractivity contribution in [3.8, 4) is 17.0 Å². The lowest BCUT2D eigenvalue weighted by atomic mass is 10.1. The average Bonchev–Trinajstić information content (AvgIpc) is 2.54. The summed E-state index contributed by atoms with van der Waals surface area (Å²) >= 11 is 0. The summed E-state index contributed by atoms with van der Waals surface area (Å²) < 4.78 is 19.7. The number of aryl methyl sites for hydroxylation is 1. The van der Waals surface area contributed by atoms with Gasteiger partial charge in [-0.2, -0.15) is 0 Å². The normalized spacial score (nSPS) is 10.7. The fourth-order valence-corrected chi connectivity index (χ4v) is 2.24. The van der Waals surface area contributed by atoms with Gasteiger partial charge in [0.05, 0.1) is 12.3 Å². The van der Waals surface area contributed by atoms with Crippen molar-refractivity contribution in [2.24, 2.45) is 0 Å². The number of aromatic nitrogens is 1. The topological polar surface area (TPSA) is 22.1 Å². The molecule has 2 rings (SSSR count). The molecule has 118 valence electrons. The van der Waals surface area contributed by atoms with E-state index in [9.17, 15) is 4.39 Å². The maximum absolute atomic E-state index is 14.2. The predicted octanol–water partition coefficient (Wildman–Crippen LogP) is 5.41. The molecule has 1 heterocycles. The fraction of sp³-hybridized carbons (Fsp3) is 0.421. The molecule has 0 aliphatic carbocycles. The van der Waals surface area contributed by atoms with Crippen LogP contribution in [0.2, 0.25) is 0 Å². The van der Waals surface area contributed by atoms with E-state index in [0.29, 0.717) is 23.6 Å². The second-order valence-corrected chi connectivity index (χ2v) is 5.50. The Morgan fingerprint density at radius 2 is 1.86 bits per heavy atom. The van der Waals surface area contributed by atoms with Crippen LogP contribution in [0.15, 0.2) is 36.5 Å². The molecule has 0 bridgehead atoms. The van der Waals surface area contributed by atoms with Gasteiger partial charge in [-0.15, -0.1) is 0 Å². The van der Waals surface area contributed by atoms with Gasteiger partial charge in [0.15, 0.2) is 0 Å². The van der Waals surface area contributed by atoms with Gasteiger partial charge in [0.2, 0.25) is 0 Å². The molecule has 0 atom stereocenters. The van der Waals surface area contributed by atoms with E-state index in [4.69, 9.17) is 4.74 Å². The highest BCUT2D eigenvalue weighted by atomic mass is 19.1. The Bertz CT molecular complexity index is 580. The summed E-state index contributed by atoms with van der Waals surface area (Å²) in [6, 6.07) is 8.91. The van der Waals surface area contributed by atoms with Gasteiger partial charge in [0.1, 0.15) is 11.6 Å². The van der Waals surface area contributed by atoms with Gasteiger partial charge in [-0.3, -0.25) is 4.98 Å². The largest absolute Gasteiger partial charge is 0.493 e. The van der Waals surface area contributed by atoms with E-state index >= 15 is 0 Å². The lowest BCUT2D eigenvalue weighted by molar-refractivity contribution is 0.308. The molecule has 0 unspecified atom stereocenters. The third-order valence-electron chi connectivity index (χ3n) is 3.63. The summed E-state index contributed by atoms with van der Waals surface area (Å²) in [5.74, 6) is 0.289. The zero-order chi connectivity index (χ0) is 15.8. The zero-order valence-electron chi connectivity index (χ0n) is 13.4. The summed E-state index contributed by atoms with van der Waals surface area (Å²) in [5.41, 5.74) is 2.38. The Hall–Kier alpha value is -1.90. The standard InChI is InChI=1S/C19H24FNO/c1-3-5-7-15-8-11-19(21-14-15)17-10-9-16(13-18(17)20)22-12-6-4-2/h8-11,13-14H,3-7,12H2,1-2H3. The van der Waals surface area contributed by atoms with Crippen molar-refractivity contribution in [3.05, 3.63) is 47.9 Å². The summed E-state index contributed by atoms with van der Waals surface area (Å²) in [7, 11) is 0. The molecule has 0 N–H and O–H groups in total. The lowest BCUT2D eigenvalue weighted by Crippen LogP contribution is -1.97. The van der Waals surface area contributed by atoms with Crippen LogP contribution in [0.25, 0.3) is 11.3 Å². The number of unbranched alkanes of at least 4 members (excludes halogenated alkanes) is 2. The van der Waals surface area contributed by atoms with Gasteiger partial charge in [-0.05, 0) is 43.0 Å². The molecule has 3 heteroatoms. The SMILES string of the molecule is CCCCOc1ccc(-c2ccc(CCCC)cn2)c(F)c1. The fourth-order valence-electron chi connectivity index (χ4n) is 2.24. The van der Waals surface area contributed by atoms with Crippen molar-refractivity contribution < 1.29 is 9.13 Å². The number of hydrogen-bond acceptors (Lipinski definition) is 2. The zero-order valence-corrected chi connectivity index (χ0v) is 13.4. The van der Waals surface area contributed by atoms with Crippen molar-refractivity contribution in [1.29, 1.82) is 0 Å². The van der Waals surface area contributed by atoms with Crippen molar-refractivity contribution in [2.45, 2.75) is 46.0 Å². The van der Waals surface area contributed by atoms with Gasteiger partial charge in [-0.25, -0.2) is 4.39 Å². The number of halogens is 1. The van der Waals surface area contributed by atoms with E-state index in [0.717, 1.165) is 32.1 Å². The Morgan fingerprint density at radius 1 is 1.05 bits per heavy atom. The minimum Gasteiger partial charge on any atom is -0.493 e. The first kappa shape index (κ1) is 16.5. The molecular weight excluding hydrogens is 277 g/mol. The highest BCUT2D eigenvalue weighted by molar-refractivity contribution is 5.61. The molecule has 1 aromatic heterocycles. The number of benzene rings is 1. The lowest BCUT2D eigenvalue weighted by Gasteiger charge is -2.08. The number of nitrogens with zero attached hydrogens (tertiary/aromatic N) is 1. The Balaban J connectivity index is 2.08. The number of ether oxygens (including phenoxy) is 1. The van der Waals surface area contributed by atoms with E-state index in [1.54, 1.807) is 12.1 Å². The number of hydrogen-bond donors (Lipinski definition) is 0. The van der Waals surface area contributed by atoms with Gasteiger partial charge in [-0.1, -0.05) is 32.8 Å². The van der Waals surface area contributed by atoms with E-state index in [1.807, 2.05) is 18.3 Å². The minimum absolute atomic E-state index is 0.289. The maximum Gasteiger partial charge on any atom is 0.136 e. The monoisotopic (exact) mass is 301 g/mol. The smallest absolute Gasteiger partial charge is 0.136 e. The van der Waals surface area contributed by atoms with E-state index in [-0.39, 0.29) is 5.82 Å². The predicted molar refractivity (Wildman–Crippen MR) is 88.6 cm³/mol. The Kier molecular flexibility index (Phi) is 6.38. The summed E-state index contributed by atoms with van der Waals surface area (Å²) in [6.45, 7) is 4.89. The molecule has 0 saturated heterocycles. The molecule has 0 amide bonds. The van der Waals surface area contributed by atoms with Crippen molar-refractivity contribution in [1.82, 2.24) is 4.98 Å². The molecule has 0 saturated carbocycles. The third kappa shape index (κ3) is 4.55. The van der Waals surface area contributed by atoms with Gasteiger partial charge in [0, 0.05) is 17.8 Å². The third-order valence-corrected chi connectivity index (χ3v) is 3.63. The first-order valence-corrected chi connectivity index (χ1v) is 8.12. The molecule has 0 aliphatic rings. The minimum atomic E-state index is -0.289. The number of rotatable bonds is 8. The second-order valence-electron chi connectivity index (χ2n) is 5.50. The van der Waals surface area contributed by atoms with Gasteiger partial charge in [0.25, 0.3) is 0 Å². The highest BCUT2D eigenvalue weighted by Gasteiger charge is 2.08. The van der Waals surface area contributed by atoms with E-state index in [1.165, 1.54) is 11.6 Å². The first-order chi connectivity index (χ1) is 10.7. The van der Waals surface area contributed by atoms with Crippen LogP contribution in [0, 0.1) is 5.82 Å². The molecule has 0 aliphatic heterocycles.